The van der Waals surface area contributed by atoms with Crippen molar-refractivity contribution in [3.05, 3.63) is 27.9 Å². The molecule has 0 N–H and O–H groups in total. The first kappa shape index (κ1) is 9.01. The minimum atomic E-state index is 0.0488. The molecule has 1 aliphatic rings. The predicted molar refractivity (Wildman–Crippen MR) is 54.0 cm³/mol. The maximum atomic E-state index is 11.8. The van der Waals surface area contributed by atoms with Crippen LogP contribution in [0.5, 0.6) is 0 Å². The molecule has 0 unspecified atom stereocenters. The van der Waals surface area contributed by atoms with E-state index in [2.05, 4.69) is 10.9 Å². The lowest BCUT2D eigenvalue weighted by molar-refractivity contribution is 0.629. The zero-order chi connectivity index (χ0) is 9.97. The van der Waals surface area contributed by atoms with E-state index < -0.39 is 0 Å². The molecule has 0 spiro atoms. The van der Waals surface area contributed by atoms with Crippen molar-refractivity contribution in [1.29, 1.82) is 0 Å². The summed E-state index contributed by atoms with van der Waals surface area (Å²) < 4.78 is 1.50. The standard InChI is InChI=1S/C11H12N2O/c1-2-7-13-8-12-10-6-4-3-5-9(10)11(13)14/h1,8H,3-7H2. The average Bonchev–Trinajstić information content (AvgIpc) is 2.23. The van der Waals surface area contributed by atoms with Crippen LogP contribution in [0, 0.1) is 12.3 Å². The number of hydrogen-bond donors (Lipinski definition) is 0. The van der Waals surface area contributed by atoms with Crippen LogP contribution in [-0.4, -0.2) is 9.55 Å². The van der Waals surface area contributed by atoms with Crippen LogP contribution in [0.15, 0.2) is 11.1 Å². The molecule has 3 nitrogen and oxygen atoms in total. The third-order valence-electron chi connectivity index (χ3n) is 2.57. The van der Waals surface area contributed by atoms with E-state index in [-0.39, 0.29) is 5.56 Å². The summed E-state index contributed by atoms with van der Waals surface area (Å²) in [7, 11) is 0. The Morgan fingerprint density at radius 2 is 2.29 bits per heavy atom. The number of rotatable bonds is 1. The lowest BCUT2D eigenvalue weighted by Crippen LogP contribution is -2.27. The summed E-state index contributed by atoms with van der Waals surface area (Å²) >= 11 is 0. The van der Waals surface area contributed by atoms with E-state index in [1.807, 2.05) is 0 Å². The van der Waals surface area contributed by atoms with E-state index in [9.17, 15) is 4.79 Å². The van der Waals surface area contributed by atoms with Crippen LogP contribution >= 0.6 is 0 Å². The summed E-state index contributed by atoms with van der Waals surface area (Å²) in [5, 5.41) is 0. The molecular formula is C11H12N2O. The monoisotopic (exact) mass is 188 g/mol. The van der Waals surface area contributed by atoms with Crippen LogP contribution in [0.3, 0.4) is 0 Å². The highest BCUT2D eigenvalue weighted by atomic mass is 16.1. The summed E-state index contributed by atoms with van der Waals surface area (Å²) in [6.45, 7) is 0.319. The summed E-state index contributed by atoms with van der Waals surface area (Å²) in [6, 6.07) is 0. The van der Waals surface area contributed by atoms with E-state index in [4.69, 9.17) is 6.42 Å². The first-order valence-corrected chi connectivity index (χ1v) is 4.83. The Bertz CT molecular complexity index is 440. The molecule has 0 aliphatic heterocycles. The number of aryl methyl sites for hydroxylation is 1. The van der Waals surface area contributed by atoms with Gasteiger partial charge >= 0.3 is 0 Å². The quantitative estimate of drug-likeness (QED) is 0.610. The van der Waals surface area contributed by atoms with Gasteiger partial charge in [0.05, 0.1) is 18.6 Å². The van der Waals surface area contributed by atoms with E-state index in [0.29, 0.717) is 6.54 Å². The second-order valence-electron chi connectivity index (χ2n) is 3.51. The third-order valence-corrected chi connectivity index (χ3v) is 2.57. The van der Waals surface area contributed by atoms with E-state index in [1.54, 1.807) is 6.33 Å². The number of nitrogens with zero attached hydrogens (tertiary/aromatic N) is 2. The first-order chi connectivity index (χ1) is 6.83. The third kappa shape index (κ3) is 1.44. The fourth-order valence-corrected chi connectivity index (χ4v) is 1.84. The van der Waals surface area contributed by atoms with Gasteiger partial charge in [0.15, 0.2) is 0 Å². The molecule has 0 saturated heterocycles. The number of aromatic nitrogens is 2. The fraction of sp³-hybridized carbons (Fsp3) is 0.455. The Morgan fingerprint density at radius 3 is 3.07 bits per heavy atom. The second kappa shape index (κ2) is 3.67. The highest BCUT2D eigenvalue weighted by molar-refractivity contribution is 5.19. The molecule has 0 atom stereocenters. The molecule has 0 amide bonds. The Morgan fingerprint density at radius 1 is 1.50 bits per heavy atom. The van der Waals surface area contributed by atoms with Gasteiger partial charge < -0.3 is 0 Å². The molecule has 1 aromatic heterocycles. The molecule has 0 aromatic carbocycles. The van der Waals surface area contributed by atoms with Gasteiger partial charge in [-0.2, -0.15) is 0 Å². The zero-order valence-electron chi connectivity index (χ0n) is 7.99. The normalized spacial score (nSPS) is 14.5. The van der Waals surface area contributed by atoms with E-state index in [1.165, 1.54) is 4.57 Å². The SMILES string of the molecule is C#CCn1cnc2c(c1=O)CCCC2. The lowest BCUT2D eigenvalue weighted by Gasteiger charge is -2.14. The van der Waals surface area contributed by atoms with Crippen molar-refractivity contribution >= 4 is 0 Å². The van der Waals surface area contributed by atoms with Crippen LogP contribution in [0.2, 0.25) is 0 Å². The van der Waals surface area contributed by atoms with Crippen molar-refractivity contribution in [2.24, 2.45) is 0 Å². The maximum Gasteiger partial charge on any atom is 0.257 e. The maximum absolute atomic E-state index is 11.8. The number of hydrogen-bond acceptors (Lipinski definition) is 2. The van der Waals surface area contributed by atoms with Crippen LogP contribution in [0.1, 0.15) is 24.1 Å². The molecule has 1 aromatic rings. The van der Waals surface area contributed by atoms with Crippen LogP contribution in [0.25, 0.3) is 0 Å². The molecule has 0 bridgehead atoms. The molecule has 14 heavy (non-hydrogen) atoms. The van der Waals surface area contributed by atoms with Gasteiger partial charge in [-0.1, -0.05) is 5.92 Å². The van der Waals surface area contributed by atoms with Gasteiger partial charge in [0.2, 0.25) is 0 Å². The van der Waals surface area contributed by atoms with Crippen molar-refractivity contribution < 1.29 is 0 Å². The van der Waals surface area contributed by atoms with Crippen molar-refractivity contribution in [3.63, 3.8) is 0 Å². The van der Waals surface area contributed by atoms with Gasteiger partial charge in [-0.25, -0.2) is 4.98 Å². The summed E-state index contributed by atoms with van der Waals surface area (Å²) in [5.74, 6) is 2.45. The van der Waals surface area contributed by atoms with Crippen molar-refractivity contribution in [2.45, 2.75) is 32.2 Å². The van der Waals surface area contributed by atoms with Gasteiger partial charge in [0, 0.05) is 5.56 Å². The molecule has 1 heterocycles. The molecule has 2 rings (SSSR count). The smallest absolute Gasteiger partial charge is 0.257 e. The summed E-state index contributed by atoms with van der Waals surface area (Å²) in [4.78, 5) is 16.1. The second-order valence-corrected chi connectivity index (χ2v) is 3.51. The molecule has 0 fully saturated rings. The van der Waals surface area contributed by atoms with E-state index >= 15 is 0 Å². The molecule has 3 heteroatoms. The molecular weight excluding hydrogens is 176 g/mol. The highest BCUT2D eigenvalue weighted by Gasteiger charge is 2.14. The topological polar surface area (TPSA) is 34.9 Å². The van der Waals surface area contributed by atoms with Crippen molar-refractivity contribution in [2.75, 3.05) is 0 Å². The molecule has 0 radical (unpaired) electrons. The Kier molecular flexibility index (Phi) is 2.36. The van der Waals surface area contributed by atoms with Crippen LogP contribution in [0.4, 0.5) is 0 Å². The Balaban J connectivity index is 2.50. The van der Waals surface area contributed by atoms with Crippen LogP contribution in [-0.2, 0) is 19.4 Å². The average molecular weight is 188 g/mol. The van der Waals surface area contributed by atoms with Crippen molar-refractivity contribution in [1.82, 2.24) is 9.55 Å². The molecule has 1 aliphatic carbocycles. The first-order valence-electron chi connectivity index (χ1n) is 4.83. The fourth-order valence-electron chi connectivity index (χ4n) is 1.84. The molecule has 0 saturated carbocycles. The Labute approximate surface area is 82.8 Å². The van der Waals surface area contributed by atoms with E-state index in [0.717, 1.165) is 36.9 Å². The van der Waals surface area contributed by atoms with Crippen molar-refractivity contribution in [3.8, 4) is 12.3 Å². The Hall–Kier alpha value is -1.56. The number of fused-ring (bicyclic) bond motifs is 1. The van der Waals surface area contributed by atoms with Crippen LogP contribution < -0.4 is 5.56 Å². The summed E-state index contributed by atoms with van der Waals surface area (Å²) in [6.07, 6.45) is 10.7. The van der Waals surface area contributed by atoms with Gasteiger partial charge in [-0.15, -0.1) is 6.42 Å². The minimum absolute atomic E-state index is 0.0488. The minimum Gasteiger partial charge on any atom is -0.287 e. The van der Waals surface area contributed by atoms with Gasteiger partial charge in [0.25, 0.3) is 5.56 Å². The largest absolute Gasteiger partial charge is 0.287 e. The zero-order valence-corrected chi connectivity index (χ0v) is 7.99. The number of terminal acetylenes is 1. The van der Waals surface area contributed by atoms with Gasteiger partial charge in [-0.05, 0) is 25.7 Å². The van der Waals surface area contributed by atoms with Gasteiger partial charge in [-0.3, -0.25) is 9.36 Å². The highest BCUT2D eigenvalue weighted by Crippen LogP contribution is 2.14. The molecule has 72 valence electrons. The lowest BCUT2D eigenvalue weighted by atomic mass is 9.97. The summed E-state index contributed by atoms with van der Waals surface area (Å²) in [5.41, 5.74) is 1.89. The van der Waals surface area contributed by atoms with Gasteiger partial charge in [0.1, 0.15) is 0 Å². The predicted octanol–water partition coefficient (Wildman–Crippen LogP) is 0.755.